The van der Waals surface area contributed by atoms with Crippen molar-refractivity contribution in [1.82, 2.24) is 15.1 Å². The molecule has 0 saturated heterocycles. The van der Waals surface area contributed by atoms with Gasteiger partial charge in [0.25, 0.3) is 0 Å². The van der Waals surface area contributed by atoms with Gasteiger partial charge in [-0.3, -0.25) is 0 Å². The SMILES string of the molecule is OC1(C(F)(F)F)CC(C2=CCC(CNCc3ccccc3-n3cccn3)C=C2)=NO1. The number of benzene rings is 1. The molecule has 2 atom stereocenters. The van der Waals surface area contributed by atoms with Crippen molar-refractivity contribution >= 4 is 5.71 Å². The van der Waals surface area contributed by atoms with E-state index in [2.05, 4.69) is 20.4 Å². The van der Waals surface area contributed by atoms with E-state index >= 15 is 0 Å². The van der Waals surface area contributed by atoms with Gasteiger partial charge in [0, 0.05) is 25.5 Å². The minimum Gasteiger partial charge on any atom is -0.350 e. The smallest absolute Gasteiger partial charge is 0.350 e. The Hall–Kier alpha value is -2.91. The van der Waals surface area contributed by atoms with Crippen LogP contribution in [0, 0.1) is 5.92 Å². The average molecular weight is 418 g/mol. The third kappa shape index (κ3) is 4.17. The molecule has 1 aliphatic carbocycles. The summed E-state index contributed by atoms with van der Waals surface area (Å²) in [6, 6.07) is 9.86. The third-order valence-corrected chi connectivity index (χ3v) is 5.14. The van der Waals surface area contributed by atoms with Gasteiger partial charge in [-0.05, 0) is 35.6 Å². The Morgan fingerprint density at radius 2 is 2.10 bits per heavy atom. The fourth-order valence-corrected chi connectivity index (χ4v) is 3.45. The normalized spacial score (nSPS) is 23.8. The predicted molar refractivity (Wildman–Crippen MR) is 105 cm³/mol. The van der Waals surface area contributed by atoms with Crippen LogP contribution in [0.25, 0.3) is 5.69 Å². The molecule has 0 radical (unpaired) electrons. The quantitative estimate of drug-likeness (QED) is 0.754. The van der Waals surface area contributed by atoms with Crippen molar-refractivity contribution in [2.24, 2.45) is 11.1 Å². The minimum absolute atomic E-state index is 0.102. The fraction of sp³-hybridized carbons (Fsp3) is 0.333. The first-order valence-electron chi connectivity index (χ1n) is 9.57. The first-order valence-corrected chi connectivity index (χ1v) is 9.57. The molecule has 2 aromatic rings. The van der Waals surface area contributed by atoms with E-state index in [1.807, 2.05) is 53.4 Å². The number of rotatable bonds is 6. The summed E-state index contributed by atoms with van der Waals surface area (Å²) in [4.78, 5) is 4.28. The highest BCUT2D eigenvalue weighted by atomic mass is 19.4. The second-order valence-corrected chi connectivity index (χ2v) is 7.31. The van der Waals surface area contributed by atoms with Crippen molar-refractivity contribution < 1.29 is 23.1 Å². The molecule has 0 bridgehead atoms. The minimum atomic E-state index is -4.89. The molecule has 0 spiro atoms. The van der Waals surface area contributed by atoms with Crippen LogP contribution >= 0.6 is 0 Å². The van der Waals surface area contributed by atoms with Gasteiger partial charge < -0.3 is 15.3 Å². The van der Waals surface area contributed by atoms with Crippen LogP contribution < -0.4 is 5.32 Å². The molecule has 158 valence electrons. The largest absolute Gasteiger partial charge is 0.458 e. The molecule has 1 aromatic heterocycles. The number of halogens is 3. The number of aliphatic hydroxyl groups is 1. The second kappa shape index (κ2) is 8.08. The van der Waals surface area contributed by atoms with E-state index in [9.17, 15) is 18.3 Å². The zero-order chi connectivity index (χ0) is 21.2. The van der Waals surface area contributed by atoms with Crippen LogP contribution in [-0.2, 0) is 11.4 Å². The number of nitrogens with one attached hydrogen (secondary N) is 1. The summed E-state index contributed by atoms with van der Waals surface area (Å²) in [5.41, 5.74) is 2.77. The van der Waals surface area contributed by atoms with Gasteiger partial charge in [0.05, 0.1) is 17.8 Å². The van der Waals surface area contributed by atoms with E-state index in [-0.39, 0.29) is 11.6 Å². The van der Waals surface area contributed by atoms with Crippen LogP contribution in [-0.4, -0.2) is 39.1 Å². The monoisotopic (exact) mass is 418 g/mol. The molecule has 9 heteroatoms. The summed E-state index contributed by atoms with van der Waals surface area (Å²) in [6.45, 7) is 1.37. The van der Waals surface area contributed by atoms with Crippen molar-refractivity contribution in [1.29, 1.82) is 0 Å². The van der Waals surface area contributed by atoms with Gasteiger partial charge in [-0.1, -0.05) is 41.6 Å². The maximum absolute atomic E-state index is 12.8. The van der Waals surface area contributed by atoms with E-state index in [1.165, 1.54) is 0 Å². The number of allylic oxidation sites excluding steroid dienone is 3. The first kappa shape index (κ1) is 20.4. The van der Waals surface area contributed by atoms with Crippen LogP contribution in [0.2, 0.25) is 0 Å². The van der Waals surface area contributed by atoms with Gasteiger partial charge in [-0.25, -0.2) is 4.68 Å². The molecular weight excluding hydrogens is 397 g/mol. The molecule has 1 aromatic carbocycles. The Kier molecular flexibility index (Phi) is 5.48. The van der Waals surface area contributed by atoms with Crippen molar-refractivity contribution in [3.8, 4) is 5.69 Å². The lowest BCUT2D eigenvalue weighted by Crippen LogP contribution is -2.45. The topological polar surface area (TPSA) is 71.7 Å². The lowest BCUT2D eigenvalue weighted by atomic mass is 9.92. The molecular formula is C21H21F3N4O2. The molecule has 30 heavy (non-hydrogen) atoms. The highest BCUT2D eigenvalue weighted by Crippen LogP contribution is 2.39. The Labute approximate surface area is 171 Å². The summed E-state index contributed by atoms with van der Waals surface area (Å²) in [7, 11) is 0. The standard InChI is InChI=1S/C21H21F3N4O2/c22-21(23,24)20(29)12-18(27-30-20)16-8-6-15(7-9-16)13-25-14-17-4-1-2-5-19(17)28-11-3-10-26-28/h1-6,8-11,15,25,29H,7,12-14H2. The van der Waals surface area contributed by atoms with Crippen molar-refractivity contribution in [3.05, 3.63) is 72.1 Å². The highest BCUT2D eigenvalue weighted by Gasteiger charge is 2.60. The molecule has 2 N–H and O–H groups in total. The lowest BCUT2D eigenvalue weighted by molar-refractivity contribution is -0.355. The van der Waals surface area contributed by atoms with Crippen molar-refractivity contribution in [2.45, 2.75) is 31.3 Å². The zero-order valence-corrected chi connectivity index (χ0v) is 16.0. The Bertz CT molecular complexity index is 982. The number of para-hydroxylation sites is 1. The van der Waals surface area contributed by atoms with E-state index in [0.717, 1.165) is 11.3 Å². The van der Waals surface area contributed by atoms with E-state index in [1.54, 1.807) is 12.3 Å². The molecule has 1 aliphatic heterocycles. The van der Waals surface area contributed by atoms with Crippen LogP contribution in [0.4, 0.5) is 13.2 Å². The molecule has 0 amide bonds. The van der Waals surface area contributed by atoms with E-state index in [4.69, 9.17) is 0 Å². The Balaban J connectivity index is 1.30. The number of nitrogens with zero attached hydrogens (tertiary/aromatic N) is 3. The number of alkyl halides is 3. The second-order valence-electron chi connectivity index (χ2n) is 7.31. The Morgan fingerprint density at radius 3 is 2.77 bits per heavy atom. The molecule has 0 saturated carbocycles. The van der Waals surface area contributed by atoms with Crippen LogP contribution in [0.15, 0.2) is 71.7 Å². The summed E-state index contributed by atoms with van der Waals surface area (Å²) >= 11 is 0. The van der Waals surface area contributed by atoms with Gasteiger partial charge in [-0.2, -0.15) is 18.3 Å². The first-order chi connectivity index (χ1) is 14.4. The van der Waals surface area contributed by atoms with Gasteiger partial charge in [0.15, 0.2) is 0 Å². The van der Waals surface area contributed by atoms with E-state index < -0.39 is 18.4 Å². The Morgan fingerprint density at radius 1 is 1.27 bits per heavy atom. The number of hydrogen-bond acceptors (Lipinski definition) is 5. The number of hydrogen-bond donors (Lipinski definition) is 2. The number of aromatic nitrogens is 2. The summed E-state index contributed by atoms with van der Waals surface area (Å²) in [5, 5.41) is 20.7. The molecule has 2 heterocycles. The lowest BCUT2D eigenvalue weighted by Gasteiger charge is -2.22. The van der Waals surface area contributed by atoms with Gasteiger partial charge in [0.2, 0.25) is 0 Å². The average Bonchev–Trinajstić information content (AvgIpc) is 3.39. The molecule has 2 unspecified atom stereocenters. The van der Waals surface area contributed by atoms with Crippen molar-refractivity contribution in [3.63, 3.8) is 0 Å². The van der Waals surface area contributed by atoms with Gasteiger partial charge >= 0.3 is 12.0 Å². The fourth-order valence-electron chi connectivity index (χ4n) is 3.45. The number of oxime groups is 1. The summed E-state index contributed by atoms with van der Waals surface area (Å²) in [6.07, 6.45) is 4.18. The summed E-state index contributed by atoms with van der Waals surface area (Å²) in [5.74, 6) is -3.03. The maximum atomic E-state index is 12.8. The molecule has 4 rings (SSSR count). The molecule has 6 nitrogen and oxygen atoms in total. The van der Waals surface area contributed by atoms with Crippen molar-refractivity contribution in [2.75, 3.05) is 6.54 Å². The van der Waals surface area contributed by atoms with Gasteiger partial charge in [-0.15, -0.1) is 0 Å². The van der Waals surface area contributed by atoms with E-state index in [0.29, 0.717) is 25.1 Å². The van der Waals surface area contributed by atoms with Crippen LogP contribution in [0.5, 0.6) is 0 Å². The van der Waals surface area contributed by atoms with Crippen LogP contribution in [0.3, 0.4) is 0 Å². The highest BCUT2D eigenvalue weighted by molar-refractivity contribution is 6.03. The zero-order valence-electron chi connectivity index (χ0n) is 16.0. The third-order valence-electron chi connectivity index (χ3n) is 5.14. The van der Waals surface area contributed by atoms with Crippen LogP contribution in [0.1, 0.15) is 18.4 Å². The summed E-state index contributed by atoms with van der Waals surface area (Å²) < 4.78 is 40.4. The molecule has 0 fully saturated rings. The maximum Gasteiger partial charge on any atom is 0.458 e. The molecule has 2 aliphatic rings. The van der Waals surface area contributed by atoms with Gasteiger partial charge in [0.1, 0.15) is 0 Å². The predicted octanol–water partition coefficient (Wildman–Crippen LogP) is 3.49.